The lowest BCUT2D eigenvalue weighted by Gasteiger charge is -2.13. The lowest BCUT2D eigenvalue weighted by Crippen LogP contribution is -2.38. The number of rotatable bonds is 3. The molecule has 1 atom stereocenters. The molecule has 1 amide bonds. The van der Waals surface area contributed by atoms with Gasteiger partial charge in [-0.3, -0.25) is 4.79 Å². The van der Waals surface area contributed by atoms with Crippen LogP contribution in [-0.4, -0.2) is 18.1 Å². The average molecular weight is 161 g/mol. The maximum atomic E-state index is 12.9. The van der Waals surface area contributed by atoms with E-state index in [1.54, 1.807) is 13.8 Å². The molecule has 0 heterocycles. The molecule has 0 radical (unpaired) electrons. The molecule has 0 aromatic carbocycles. The highest BCUT2D eigenvalue weighted by molar-refractivity contribution is 5.81. The van der Waals surface area contributed by atoms with Crippen LogP contribution in [0.5, 0.6) is 0 Å². The van der Waals surface area contributed by atoms with E-state index in [4.69, 9.17) is 0 Å². The fraction of sp³-hybridized carbons (Fsp3) is 0.875. The molecule has 0 aromatic rings. The Balaban J connectivity index is 3.83. The molecular formula is C8H16FNO. The molecule has 0 spiro atoms. The smallest absolute Gasteiger partial charge is 0.255 e. The minimum atomic E-state index is -1.38. The molecule has 3 heteroatoms. The highest BCUT2D eigenvalue weighted by Gasteiger charge is 2.20. The molecule has 0 aliphatic rings. The number of carbonyl (C=O) groups excluding carboxylic acids is 1. The van der Waals surface area contributed by atoms with Crippen LogP contribution in [0.3, 0.4) is 0 Å². The summed E-state index contributed by atoms with van der Waals surface area (Å²) in [5.41, 5.74) is 0. The zero-order valence-corrected chi connectivity index (χ0v) is 7.52. The van der Waals surface area contributed by atoms with Gasteiger partial charge in [0.1, 0.15) is 0 Å². The molecule has 0 saturated heterocycles. The van der Waals surface area contributed by atoms with E-state index in [9.17, 15) is 9.18 Å². The van der Waals surface area contributed by atoms with Crippen LogP contribution in [-0.2, 0) is 4.79 Å². The normalized spacial score (nSPS) is 13.7. The summed E-state index contributed by atoms with van der Waals surface area (Å²) >= 11 is 0. The van der Waals surface area contributed by atoms with E-state index in [1.807, 2.05) is 13.8 Å². The fourth-order valence-corrected chi connectivity index (χ4v) is 0.667. The summed E-state index contributed by atoms with van der Waals surface area (Å²) in [6.45, 7) is 6.99. The lowest BCUT2D eigenvalue weighted by atomic mass is 10.1. The Hall–Kier alpha value is -0.600. The van der Waals surface area contributed by atoms with Gasteiger partial charge in [-0.15, -0.1) is 0 Å². The van der Waals surface area contributed by atoms with Crippen LogP contribution < -0.4 is 5.32 Å². The van der Waals surface area contributed by atoms with E-state index in [1.165, 1.54) is 0 Å². The highest BCUT2D eigenvalue weighted by Crippen LogP contribution is 2.05. The van der Waals surface area contributed by atoms with Crippen LogP contribution >= 0.6 is 0 Å². The van der Waals surface area contributed by atoms with Crippen molar-refractivity contribution < 1.29 is 9.18 Å². The maximum Gasteiger partial charge on any atom is 0.255 e. The predicted octanol–water partition coefficient (Wildman–Crippen LogP) is 1.51. The SMILES string of the molecule is CC(C)NC(=O)C(F)C(C)C. The van der Waals surface area contributed by atoms with Gasteiger partial charge in [-0.25, -0.2) is 4.39 Å². The lowest BCUT2D eigenvalue weighted by molar-refractivity contribution is -0.127. The van der Waals surface area contributed by atoms with E-state index in [-0.39, 0.29) is 12.0 Å². The Morgan fingerprint density at radius 2 is 1.73 bits per heavy atom. The van der Waals surface area contributed by atoms with Crippen molar-refractivity contribution >= 4 is 5.91 Å². The molecular weight excluding hydrogens is 145 g/mol. The second-order valence-corrected chi connectivity index (χ2v) is 3.31. The number of halogens is 1. The summed E-state index contributed by atoms with van der Waals surface area (Å²) in [5, 5.41) is 2.51. The summed E-state index contributed by atoms with van der Waals surface area (Å²) in [7, 11) is 0. The van der Waals surface area contributed by atoms with E-state index in [0.29, 0.717) is 0 Å². The average Bonchev–Trinajstić information content (AvgIpc) is 1.84. The van der Waals surface area contributed by atoms with Gasteiger partial charge in [0.05, 0.1) is 0 Å². The molecule has 0 rings (SSSR count). The van der Waals surface area contributed by atoms with Gasteiger partial charge in [0.15, 0.2) is 6.17 Å². The minimum absolute atomic E-state index is 0.0134. The van der Waals surface area contributed by atoms with E-state index >= 15 is 0 Å². The van der Waals surface area contributed by atoms with Gasteiger partial charge < -0.3 is 5.32 Å². The first-order valence-electron chi connectivity index (χ1n) is 3.89. The van der Waals surface area contributed by atoms with Crippen molar-refractivity contribution in [2.45, 2.75) is 39.9 Å². The van der Waals surface area contributed by atoms with E-state index in [2.05, 4.69) is 5.32 Å². The third kappa shape index (κ3) is 3.96. The number of carbonyl (C=O) groups is 1. The fourth-order valence-electron chi connectivity index (χ4n) is 0.667. The Bertz CT molecular complexity index is 134. The molecule has 0 fully saturated rings. The first-order chi connectivity index (χ1) is 4.95. The number of hydrogen-bond acceptors (Lipinski definition) is 1. The summed E-state index contributed by atoms with van der Waals surface area (Å²) in [4.78, 5) is 10.9. The largest absolute Gasteiger partial charge is 0.351 e. The highest BCUT2D eigenvalue weighted by atomic mass is 19.1. The van der Waals surface area contributed by atoms with Crippen LogP contribution in [0.1, 0.15) is 27.7 Å². The van der Waals surface area contributed by atoms with Crippen molar-refractivity contribution in [1.29, 1.82) is 0 Å². The topological polar surface area (TPSA) is 29.1 Å². The Kier molecular flexibility index (Phi) is 4.08. The first kappa shape index (κ1) is 10.4. The summed E-state index contributed by atoms with van der Waals surface area (Å²) in [6, 6.07) is 0.0134. The van der Waals surface area contributed by atoms with E-state index < -0.39 is 12.1 Å². The molecule has 2 nitrogen and oxygen atoms in total. The van der Waals surface area contributed by atoms with Gasteiger partial charge in [-0.2, -0.15) is 0 Å². The Morgan fingerprint density at radius 1 is 1.27 bits per heavy atom. The van der Waals surface area contributed by atoms with Gasteiger partial charge >= 0.3 is 0 Å². The predicted molar refractivity (Wildman–Crippen MR) is 43.0 cm³/mol. The van der Waals surface area contributed by atoms with Crippen molar-refractivity contribution in [1.82, 2.24) is 5.32 Å². The van der Waals surface area contributed by atoms with Crippen LogP contribution in [0.15, 0.2) is 0 Å². The van der Waals surface area contributed by atoms with Crippen molar-refractivity contribution in [3.8, 4) is 0 Å². The monoisotopic (exact) mass is 161 g/mol. The third-order valence-corrected chi connectivity index (χ3v) is 1.27. The standard InChI is InChI=1S/C8H16FNO/c1-5(2)7(9)8(11)10-6(3)4/h5-7H,1-4H3,(H,10,11). The first-order valence-corrected chi connectivity index (χ1v) is 3.89. The van der Waals surface area contributed by atoms with Crippen molar-refractivity contribution in [3.63, 3.8) is 0 Å². The zero-order chi connectivity index (χ0) is 9.02. The molecule has 0 aliphatic heterocycles. The van der Waals surface area contributed by atoms with Gasteiger partial charge in [0, 0.05) is 6.04 Å². The van der Waals surface area contributed by atoms with Gasteiger partial charge in [0.2, 0.25) is 0 Å². The minimum Gasteiger partial charge on any atom is -0.351 e. The maximum absolute atomic E-state index is 12.9. The summed E-state index contributed by atoms with van der Waals surface area (Å²) in [5.74, 6) is -0.747. The number of nitrogens with one attached hydrogen (secondary N) is 1. The number of amides is 1. The Labute approximate surface area is 67.2 Å². The zero-order valence-electron chi connectivity index (χ0n) is 7.52. The van der Waals surface area contributed by atoms with Crippen LogP contribution in [0.4, 0.5) is 4.39 Å². The third-order valence-electron chi connectivity index (χ3n) is 1.27. The Morgan fingerprint density at radius 3 is 2.00 bits per heavy atom. The molecule has 0 aromatic heterocycles. The molecule has 0 aliphatic carbocycles. The summed E-state index contributed by atoms with van der Waals surface area (Å²) < 4.78 is 12.9. The molecule has 0 saturated carbocycles. The molecule has 0 bridgehead atoms. The van der Waals surface area contributed by atoms with Crippen molar-refractivity contribution in [3.05, 3.63) is 0 Å². The van der Waals surface area contributed by atoms with Gasteiger partial charge in [0.25, 0.3) is 5.91 Å². The molecule has 1 unspecified atom stereocenters. The molecule has 1 N–H and O–H groups in total. The van der Waals surface area contributed by atoms with Crippen LogP contribution in [0, 0.1) is 5.92 Å². The summed E-state index contributed by atoms with van der Waals surface area (Å²) in [6.07, 6.45) is -1.38. The quantitative estimate of drug-likeness (QED) is 0.667. The molecule has 66 valence electrons. The van der Waals surface area contributed by atoms with Crippen molar-refractivity contribution in [2.24, 2.45) is 5.92 Å². The van der Waals surface area contributed by atoms with E-state index in [0.717, 1.165) is 0 Å². The second-order valence-electron chi connectivity index (χ2n) is 3.31. The number of alkyl halides is 1. The second kappa shape index (κ2) is 4.31. The van der Waals surface area contributed by atoms with Crippen LogP contribution in [0.2, 0.25) is 0 Å². The van der Waals surface area contributed by atoms with Gasteiger partial charge in [-0.1, -0.05) is 13.8 Å². The van der Waals surface area contributed by atoms with Gasteiger partial charge in [-0.05, 0) is 19.8 Å². The number of hydrogen-bond donors (Lipinski definition) is 1. The van der Waals surface area contributed by atoms with Crippen LogP contribution in [0.25, 0.3) is 0 Å². The van der Waals surface area contributed by atoms with Crippen molar-refractivity contribution in [2.75, 3.05) is 0 Å². The molecule has 11 heavy (non-hydrogen) atoms.